The molecule has 25 heavy (non-hydrogen) atoms. The zero-order valence-corrected chi connectivity index (χ0v) is 15.7. The fourth-order valence-corrected chi connectivity index (χ4v) is 4.43. The molecular formula is C20H22N4S. The molecule has 0 fully saturated rings. The smallest absolute Gasteiger partial charge is 0.157 e. The second-order valence-corrected chi connectivity index (χ2v) is 7.59. The lowest BCUT2D eigenvalue weighted by atomic mass is 10.1. The van der Waals surface area contributed by atoms with Crippen molar-refractivity contribution in [2.75, 3.05) is 0 Å². The third-order valence-electron chi connectivity index (χ3n) is 4.53. The molecule has 0 atom stereocenters. The van der Waals surface area contributed by atoms with Gasteiger partial charge in [-0.2, -0.15) is 5.10 Å². The molecule has 5 heteroatoms. The number of rotatable bonds is 5. The number of fused-ring (bicyclic) bond motifs is 2. The number of aryl methyl sites for hydroxylation is 3. The first-order valence-electron chi connectivity index (χ1n) is 8.88. The van der Waals surface area contributed by atoms with Crippen molar-refractivity contribution < 1.29 is 0 Å². The summed E-state index contributed by atoms with van der Waals surface area (Å²) in [6.45, 7) is 6.38. The lowest BCUT2D eigenvalue weighted by Crippen LogP contribution is -2.01. The minimum absolute atomic E-state index is 1.000. The molecule has 0 unspecified atom stereocenters. The summed E-state index contributed by atoms with van der Waals surface area (Å²) in [5.41, 5.74) is 5.46. The van der Waals surface area contributed by atoms with Gasteiger partial charge in [0, 0.05) is 11.6 Å². The second kappa shape index (κ2) is 6.56. The van der Waals surface area contributed by atoms with E-state index >= 15 is 0 Å². The number of imidazole rings is 1. The maximum Gasteiger partial charge on any atom is 0.157 e. The predicted molar refractivity (Wildman–Crippen MR) is 104 cm³/mol. The Hall–Kier alpha value is -2.27. The summed E-state index contributed by atoms with van der Waals surface area (Å²) in [5.74, 6) is 0. The molecule has 0 aliphatic rings. The van der Waals surface area contributed by atoms with E-state index in [1.807, 2.05) is 16.8 Å². The van der Waals surface area contributed by atoms with Crippen molar-refractivity contribution in [1.29, 1.82) is 0 Å². The van der Waals surface area contributed by atoms with Crippen molar-refractivity contribution in [1.82, 2.24) is 19.6 Å². The molecule has 0 aliphatic carbocycles. The van der Waals surface area contributed by atoms with Crippen LogP contribution in [0.1, 0.15) is 43.1 Å². The maximum atomic E-state index is 4.87. The molecule has 0 bridgehead atoms. The highest BCUT2D eigenvalue weighted by molar-refractivity contribution is 7.21. The maximum absolute atomic E-state index is 4.87. The van der Waals surface area contributed by atoms with E-state index in [-0.39, 0.29) is 0 Å². The van der Waals surface area contributed by atoms with Crippen LogP contribution in [0.3, 0.4) is 0 Å². The first-order chi connectivity index (χ1) is 12.2. The van der Waals surface area contributed by atoms with Gasteiger partial charge in [0.05, 0.1) is 16.3 Å². The van der Waals surface area contributed by atoms with Crippen molar-refractivity contribution in [2.24, 2.45) is 0 Å². The van der Waals surface area contributed by atoms with Crippen LogP contribution in [-0.2, 0) is 6.42 Å². The van der Waals surface area contributed by atoms with Gasteiger partial charge in [-0.15, -0.1) is 11.3 Å². The topological polar surface area (TPSA) is 43.1 Å². The first kappa shape index (κ1) is 16.2. The molecule has 0 saturated carbocycles. The van der Waals surface area contributed by atoms with E-state index in [2.05, 4.69) is 44.0 Å². The van der Waals surface area contributed by atoms with E-state index in [4.69, 9.17) is 10.1 Å². The number of pyridine rings is 1. The van der Waals surface area contributed by atoms with Crippen LogP contribution in [0.4, 0.5) is 0 Å². The largest absolute Gasteiger partial charge is 0.245 e. The Balaban J connectivity index is 1.87. The Morgan fingerprint density at radius 1 is 1.16 bits per heavy atom. The molecular weight excluding hydrogens is 328 g/mol. The lowest BCUT2D eigenvalue weighted by molar-refractivity contribution is 0.714. The molecule has 0 amide bonds. The fourth-order valence-electron chi connectivity index (χ4n) is 3.35. The quantitative estimate of drug-likeness (QED) is 0.455. The third-order valence-corrected chi connectivity index (χ3v) is 5.60. The Morgan fingerprint density at radius 2 is 2.04 bits per heavy atom. The number of aromatic nitrogens is 4. The van der Waals surface area contributed by atoms with Crippen molar-refractivity contribution in [3.05, 3.63) is 47.4 Å². The van der Waals surface area contributed by atoms with Gasteiger partial charge in [-0.05, 0) is 50.5 Å². The van der Waals surface area contributed by atoms with E-state index in [1.165, 1.54) is 35.1 Å². The Morgan fingerprint density at radius 3 is 2.84 bits per heavy atom. The summed E-state index contributed by atoms with van der Waals surface area (Å²) >= 11 is 1.71. The number of nitrogens with zero attached hydrogens (tertiary/aromatic N) is 4. The molecule has 4 aromatic rings. The monoisotopic (exact) mass is 350 g/mol. The third kappa shape index (κ3) is 2.93. The summed E-state index contributed by atoms with van der Waals surface area (Å²) in [7, 11) is 0. The summed E-state index contributed by atoms with van der Waals surface area (Å²) in [6, 6.07) is 8.47. The summed E-state index contributed by atoms with van der Waals surface area (Å²) in [4.78, 5) is 11.6. The van der Waals surface area contributed by atoms with Gasteiger partial charge >= 0.3 is 0 Å². The van der Waals surface area contributed by atoms with Crippen LogP contribution in [0.5, 0.6) is 0 Å². The van der Waals surface area contributed by atoms with Crippen LogP contribution < -0.4 is 0 Å². The Kier molecular flexibility index (Phi) is 4.25. The van der Waals surface area contributed by atoms with Gasteiger partial charge in [-0.25, -0.2) is 14.5 Å². The summed E-state index contributed by atoms with van der Waals surface area (Å²) < 4.78 is 2.04. The van der Waals surface area contributed by atoms with Gasteiger partial charge in [0.2, 0.25) is 0 Å². The Bertz CT molecular complexity index is 1010. The minimum Gasteiger partial charge on any atom is -0.245 e. The number of hydrogen-bond acceptors (Lipinski definition) is 4. The van der Waals surface area contributed by atoms with Crippen LogP contribution >= 0.6 is 11.3 Å². The van der Waals surface area contributed by atoms with Gasteiger partial charge in [-0.3, -0.25) is 0 Å². The summed E-state index contributed by atoms with van der Waals surface area (Å²) in [6.07, 6.45) is 6.59. The standard InChI is InChI=1S/C20H22N4S/c1-4-5-6-8-15-11-13(2)23-24-18(14(3)22-19(15)24)17-12-16-9-7-10-21-20(16)25-17/h7,9-12H,4-6,8H2,1-3H3. The zero-order valence-electron chi connectivity index (χ0n) is 14.9. The number of thiophene rings is 1. The normalized spacial score (nSPS) is 11.6. The van der Waals surface area contributed by atoms with Crippen LogP contribution in [0.2, 0.25) is 0 Å². The molecule has 0 aliphatic heterocycles. The van der Waals surface area contributed by atoms with Crippen LogP contribution in [0, 0.1) is 13.8 Å². The molecule has 0 radical (unpaired) electrons. The van der Waals surface area contributed by atoms with Crippen LogP contribution in [0.25, 0.3) is 26.4 Å². The zero-order chi connectivity index (χ0) is 17.4. The molecule has 0 saturated heterocycles. The highest BCUT2D eigenvalue weighted by Gasteiger charge is 2.17. The molecule has 0 spiro atoms. The van der Waals surface area contributed by atoms with Crippen molar-refractivity contribution in [3.8, 4) is 10.6 Å². The van der Waals surface area contributed by atoms with Crippen molar-refractivity contribution in [2.45, 2.75) is 46.5 Å². The van der Waals surface area contributed by atoms with Crippen LogP contribution in [-0.4, -0.2) is 19.6 Å². The highest BCUT2D eigenvalue weighted by atomic mass is 32.1. The van der Waals surface area contributed by atoms with E-state index in [0.717, 1.165) is 34.0 Å². The first-order valence-corrected chi connectivity index (χ1v) is 9.70. The van der Waals surface area contributed by atoms with Crippen LogP contribution in [0.15, 0.2) is 30.5 Å². The van der Waals surface area contributed by atoms with Gasteiger partial charge in [0.1, 0.15) is 10.5 Å². The van der Waals surface area contributed by atoms with E-state index in [0.29, 0.717) is 0 Å². The molecule has 4 heterocycles. The number of unbranched alkanes of at least 4 members (excludes halogenated alkanes) is 2. The van der Waals surface area contributed by atoms with Crippen molar-refractivity contribution >= 4 is 27.2 Å². The average Bonchev–Trinajstić information content (AvgIpc) is 3.14. The van der Waals surface area contributed by atoms with Gasteiger partial charge in [0.15, 0.2) is 5.65 Å². The minimum atomic E-state index is 1.000. The second-order valence-electron chi connectivity index (χ2n) is 6.56. The van der Waals surface area contributed by atoms with Gasteiger partial charge < -0.3 is 0 Å². The lowest BCUT2D eigenvalue weighted by Gasteiger charge is -2.06. The van der Waals surface area contributed by atoms with E-state index < -0.39 is 0 Å². The van der Waals surface area contributed by atoms with Crippen molar-refractivity contribution in [3.63, 3.8) is 0 Å². The number of hydrogen-bond donors (Lipinski definition) is 0. The molecule has 0 aromatic carbocycles. The van der Waals surface area contributed by atoms with E-state index in [1.54, 1.807) is 11.3 Å². The molecule has 4 rings (SSSR count). The van der Waals surface area contributed by atoms with Gasteiger partial charge in [0.25, 0.3) is 0 Å². The Labute approximate surface area is 151 Å². The molecule has 4 nitrogen and oxygen atoms in total. The molecule has 0 N–H and O–H groups in total. The highest BCUT2D eigenvalue weighted by Crippen LogP contribution is 2.34. The fraction of sp³-hybridized carbons (Fsp3) is 0.350. The summed E-state index contributed by atoms with van der Waals surface area (Å²) in [5, 5.41) is 5.95. The molecule has 128 valence electrons. The van der Waals surface area contributed by atoms with Gasteiger partial charge in [-0.1, -0.05) is 25.8 Å². The SMILES string of the molecule is CCCCCc1cc(C)nn2c(-c3cc4cccnc4s3)c(C)nc12. The van der Waals surface area contributed by atoms with E-state index in [9.17, 15) is 0 Å². The molecule has 4 aromatic heterocycles. The average molecular weight is 350 g/mol. The predicted octanol–water partition coefficient (Wildman–Crippen LogP) is 5.36.